The van der Waals surface area contributed by atoms with E-state index >= 15 is 0 Å². The molecule has 3 aromatic rings. The van der Waals surface area contributed by atoms with Crippen LogP contribution in [0.5, 0.6) is 0 Å². The molecule has 0 bridgehead atoms. The number of aryl methyl sites for hydroxylation is 2. The van der Waals surface area contributed by atoms with E-state index < -0.39 is 29.4 Å². The number of hydrogen-bond acceptors (Lipinski definition) is 5. The molecule has 3 aromatic carbocycles. The van der Waals surface area contributed by atoms with Gasteiger partial charge in [0.05, 0.1) is 19.2 Å². The van der Waals surface area contributed by atoms with Crippen LogP contribution in [0.4, 0.5) is 5.69 Å². The number of ketones is 1. The minimum absolute atomic E-state index is 0.133. The minimum atomic E-state index is -1.62. The van der Waals surface area contributed by atoms with Crippen molar-refractivity contribution in [3.05, 3.63) is 107 Å². The largest absolute Gasteiger partial charge is 0.468 e. The zero-order chi connectivity index (χ0) is 24.7. The van der Waals surface area contributed by atoms with Crippen molar-refractivity contribution in [3.8, 4) is 6.07 Å². The van der Waals surface area contributed by atoms with Crippen molar-refractivity contribution in [3.63, 3.8) is 0 Å². The van der Waals surface area contributed by atoms with Crippen molar-refractivity contribution >= 4 is 23.5 Å². The molecule has 0 spiro atoms. The standard InChI is InChI=1S/C30H26N2O3/c1-19-13-15-23(20(2)17-19)26-27(28(33)22-10-5-4-6-11-22)32-24-12-8-7-9-21(24)14-16-25(32)30(26,18-31)29(34)35-3/h4-17,25-27H,1-3H3. The second-order valence-corrected chi connectivity index (χ2v) is 9.26. The molecule has 0 radical (unpaired) electrons. The van der Waals surface area contributed by atoms with Crippen LogP contribution in [0, 0.1) is 30.6 Å². The molecule has 5 nitrogen and oxygen atoms in total. The molecule has 2 heterocycles. The van der Waals surface area contributed by atoms with Gasteiger partial charge in [0.2, 0.25) is 0 Å². The van der Waals surface area contributed by atoms with Crippen molar-refractivity contribution in [2.45, 2.75) is 31.8 Å². The number of rotatable bonds is 4. The topological polar surface area (TPSA) is 70.4 Å². The number of anilines is 1. The number of nitriles is 1. The molecular formula is C30H26N2O3. The number of para-hydroxylation sites is 1. The Balaban J connectivity index is 1.84. The first kappa shape index (κ1) is 22.6. The molecule has 2 aliphatic heterocycles. The normalized spacial score (nSPS) is 24.3. The maximum absolute atomic E-state index is 14.3. The van der Waals surface area contributed by atoms with Crippen molar-refractivity contribution in [2.24, 2.45) is 5.41 Å². The second kappa shape index (κ2) is 8.56. The number of ether oxygens (including phenoxy) is 1. The lowest BCUT2D eigenvalue weighted by atomic mass is 9.67. The number of esters is 1. The van der Waals surface area contributed by atoms with Gasteiger partial charge in [-0.3, -0.25) is 9.59 Å². The molecule has 1 fully saturated rings. The van der Waals surface area contributed by atoms with E-state index in [2.05, 4.69) is 6.07 Å². The zero-order valence-corrected chi connectivity index (χ0v) is 19.9. The monoisotopic (exact) mass is 462 g/mol. The van der Waals surface area contributed by atoms with Crippen LogP contribution in [0.1, 0.15) is 38.5 Å². The molecular weight excluding hydrogens is 436 g/mol. The number of fused-ring (bicyclic) bond motifs is 3. The van der Waals surface area contributed by atoms with Gasteiger partial charge < -0.3 is 9.64 Å². The maximum atomic E-state index is 14.3. The van der Waals surface area contributed by atoms with Gasteiger partial charge in [0.25, 0.3) is 0 Å². The number of carbonyl (C=O) groups is 2. The number of benzene rings is 3. The summed E-state index contributed by atoms with van der Waals surface area (Å²) in [5, 5.41) is 10.7. The van der Waals surface area contributed by atoms with Crippen LogP contribution >= 0.6 is 0 Å². The third-order valence-corrected chi connectivity index (χ3v) is 7.34. The van der Waals surface area contributed by atoms with E-state index in [1.54, 1.807) is 12.1 Å². The van der Waals surface area contributed by atoms with E-state index in [0.717, 1.165) is 27.9 Å². The van der Waals surface area contributed by atoms with Crippen LogP contribution in [0.3, 0.4) is 0 Å². The molecule has 0 aromatic heterocycles. The molecule has 4 atom stereocenters. The van der Waals surface area contributed by atoms with Crippen LogP contribution in [0.15, 0.2) is 78.9 Å². The SMILES string of the molecule is COC(=O)C1(C#N)C(c2ccc(C)cc2C)C(C(=O)c2ccccc2)N2c3ccccc3C=CC21. The fraction of sp³-hybridized carbons (Fsp3) is 0.233. The second-order valence-electron chi connectivity index (χ2n) is 9.26. The zero-order valence-electron chi connectivity index (χ0n) is 19.9. The predicted molar refractivity (Wildman–Crippen MR) is 135 cm³/mol. The van der Waals surface area contributed by atoms with Crippen LogP contribution in [0.25, 0.3) is 6.08 Å². The Morgan fingerprint density at radius 1 is 1.00 bits per heavy atom. The van der Waals surface area contributed by atoms with Gasteiger partial charge in [0.15, 0.2) is 11.2 Å². The molecule has 5 heteroatoms. The third-order valence-electron chi connectivity index (χ3n) is 7.34. The minimum Gasteiger partial charge on any atom is -0.468 e. The van der Waals surface area contributed by atoms with Crippen LogP contribution in [0.2, 0.25) is 0 Å². The highest BCUT2D eigenvalue weighted by Gasteiger charge is 2.67. The summed E-state index contributed by atoms with van der Waals surface area (Å²) in [6.45, 7) is 3.96. The van der Waals surface area contributed by atoms with Crippen LogP contribution in [-0.2, 0) is 9.53 Å². The third kappa shape index (κ3) is 3.29. The molecule has 0 N–H and O–H groups in total. The van der Waals surface area contributed by atoms with Gasteiger partial charge in [-0.1, -0.05) is 84.4 Å². The smallest absolute Gasteiger partial charge is 0.329 e. The molecule has 2 aliphatic rings. The average molecular weight is 463 g/mol. The molecule has 0 amide bonds. The maximum Gasteiger partial charge on any atom is 0.329 e. The van der Waals surface area contributed by atoms with Gasteiger partial charge in [0.1, 0.15) is 6.04 Å². The number of Topliss-reactive ketones (excluding diaryl/α,β-unsaturated/α-hetero) is 1. The Labute approximate surface area is 205 Å². The first-order valence-corrected chi connectivity index (χ1v) is 11.7. The number of hydrogen-bond donors (Lipinski definition) is 0. The summed E-state index contributed by atoms with van der Waals surface area (Å²) < 4.78 is 5.28. The van der Waals surface area contributed by atoms with E-state index in [-0.39, 0.29) is 5.78 Å². The summed E-state index contributed by atoms with van der Waals surface area (Å²) in [6.07, 6.45) is 3.80. The number of nitrogens with zero attached hydrogens (tertiary/aromatic N) is 2. The van der Waals surface area contributed by atoms with Gasteiger partial charge in [-0.2, -0.15) is 5.26 Å². The molecule has 35 heavy (non-hydrogen) atoms. The fourth-order valence-corrected chi connectivity index (χ4v) is 5.83. The highest BCUT2D eigenvalue weighted by molar-refractivity contribution is 6.06. The Morgan fingerprint density at radius 2 is 1.71 bits per heavy atom. The Bertz CT molecular complexity index is 1390. The summed E-state index contributed by atoms with van der Waals surface area (Å²) in [6, 6.07) is 23.7. The lowest BCUT2D eigenvalue weighted by molar-refractivity contribution is -0.150. The van der Waals surface area contributed by atoms with E-state index in [0.29, 0.717) is 5.56 Å². The molecule has 0 saturated carbocycles. The number of methoxy groups -OCH3 is 1. The predicted octanol–water partition coefficient (Wildman–Crippen LogP) is 5.24. The lowest BCUT2D eigenvalue weighted by Crippen LogP contribution is -2.46. The average Bonchev–Trinajstić information content (AvgIpc) is 3.19. The van der Waals surface area contributed by atoms with Crippen LogP contribution in [-0.4, -0.2) is 30.9 Å². The van der Waals surface area contributed by atoms with Gasteiger partial charge in [-0.15, -0.1) is 0 Å². The van der Waals surface area contributed by atoms with Crippen LogP contribution < -0.4 is 4.90 Å². The first-order chi connectivity index (χ1) is 16.9. The molecule has 4 unspecified atom stereocenters. The Morgan fingerprint density at radius 3 is 2.40 bits per heavy atom. The van der Waals surface area contributed by atoms with E-state index in [1.807, 2.05) is 91.6 Å². The Hall–Kier alpha value is -4.17. The van der Waals surface area contributed by atoms with Gasteiger partial charge in [-0.05, 0) is 36.6 Å². The Kier molecular flexibility index (Phi) is 5.53. The molecule has 0 aliphatic carbocycles. The van der Waals surface area contributed by atoms with E-state index in [1.165, 1.54) is 7.11 Å². The summed E-state index contributed by atoms with van der Waals surface area (Å²) in [7, 11) is 1.30. The van der Waals surface area contributed by atoms with E-state index in [4.69, 9.17) is 4.74 Å². The highest BCUT2D eigenvalue weighted by Crippen LogP contribution is 2.56. The van der Waals surface area contributed by atoms with Crippen molar-refractivity contribution < 1.29 is 14.3 Å². The molecule has 174 valence electrons. The lowest BCUT2D eigenvalue weighted by Gasteiger charge is -2.36. The van der Waals surface area contributed by atoms with Gasteiger partial charge in [0, 0.05) is 17.2 Å². The highest BCUT2D eigenvalue weighted by atomic mass is 16.5. The summed E-state index contributed by atoms with van der Waals surface area (Å²) in [5.74, 6) is -1.51. The summed E-state index contributed by atoms with van der Waals surface area (Å²) >= 11 is 0. The quantitative estimate of drug-likeness (QED) is 0.392. The first-order valence-electron chi connectivity index (χ1n) is 11.7. The van der Waals surface area contributed by atoms with Crippen molar-refractivity contribution in [1.82, 2.24) is 0 Å². The van der Waals surface area contributed by atoms with Crippen molar-refractivity contribution in [2.75, 3.05) is 12.0 Å². The molecule has 5 rings (SSSR count). The van der Waals surface area contributed by atoms with Gasteiger partial charge >= 0.3 is 5.97 Å². The molecule has 1 saturated heterocycles. The fourth-order valence-electron chi connectivity index (χ4n) is 5.83. The van der Waals surface area contributed by atoms with Gasteiger partial charge in [-0.25, -0.2) is 0 Å². The summed E-state index contributed by atoms with van der Waals surface area (Å²) in [4.78, 5) is 29.8. The van der Waals surface area contributed by atoms with E-state index in [9.17, 15) is 14.9 Å². The number of carbonyl (C=O) groups excluding carboxylic acids is 2. The summed E-state index contributed by atoms with van der Waals surface area (Å²) in [5.41, 5.74) is 3.49. The van der Waals surface area contributed by atoms with Crippen molar-refractivity contribution in [1.29, 1.82) is 5.26 Å².